The van der Waals surface area contributed by atoms with E-state index in [-0.39, 0.29) is 17.3 Å². The van der Waals surface area contributed by atoms with Crippen LogP contribution in [0.5, 0.6) is 0 Å². The first-order valence-corrected chi connectivity index (χ1v) is 17.1. The Labute approximate surface area is 292 Å². The monoisotopic (exact) mass is 651 g/mol. The lowest BCUT2D eigenvalue weighted by atomic mass is 9.86. The molecule has 0 heterocycles. The summed E-state index contributed by atoms with van der Waals surface area (Å²) in [5.41, 5.74) is 12.2. The third-order valence-corrected chi connectivity index (χ3v) is 8.86. The highest BCUT2D eigenvalue weighted by atomic mass is 16.6. The van der Waals surface area contributed by atoms with E-state index in [1.807, 2.05) is 45.0 Å². The second-order valence-electron chi connectivity index (χ2n) is 15.2. The molecule has 0 fully saturated rings. The van der Waals surface area contributed by atoms with Crippen molar-refractivity contribution < 1.29 is 14.3 Å². The van der Waals surface area contributed by atoms with Crippen molar-refractivity contribution in [3.05, 3.63) is 148 Å². The van der Waals surface area contributed by atoms with Gasteiger partial charge < -0.3 is 10.1 Å². The number of anilines is 1. The first kappa shape index (κ1) is 35.3. The summed E-state index contributed by atoms with van der Waals surface area (Å²) in [4.78, 5) is 26.7. The Bertz CT molecular complexity index is 1900. The molecule has 0 unspecified atom stereocenters. The van der Waals surface area contributed by atoms with Gasteiger partial charge in [0.1, 0.15) is 5.60 Å². The van der Waals surface area contributed by atoms with Crippen LogP contribution in [0.25, 0.3) is 22.3 Å². The molecule has 1 N–H and O–H groups in total. The molecule has 0 saturated heterocycles. The molecule has 0 saturated carbocycles. The minimum absolute atomic E-state index is 0.0889. The summed E-state index contributed by atoms with van der Waals surface area (Å²) in [6.07, 6.45) is 0.472. The Balaban J connectivity index is 1.40. The molecule has 0 bridgehead atoms. The van der Waals surface area contributed by atoms with Crippen molar-refractivity contribution in [2.75, 3.05) is 5.32 Å². The topological polar surface area (TPSA) is 55.4 Å². The van der Waals surface area contributed by atoms with Crippen LogP contribution in [-0.4, -0.2) is 17.5 Å². The Kier molecular flexibility index (Phi) is 10.3. The number of benzene rings is 5. The molecular weight excluding hydrogens is 602 g/mol. The third kappa shape index (κ3) is 8.94. The van der Waals surface area contributed by atoms with Gasteiger partial charge in [-0.15, -0.1) is 0 Å². The summed E-state index contributed by atoms with van der Waals surface area (Å²) >= 11 is 0. The lowest BCUT2D eigenvalue weighted by Crippen LogP contribution is -2.24. The maximum atomic E-state index is 14.1. The van der Waals surface area contributed by atoms with Crippen LogP contribution in [-0.2, 0) is 21.4 Å². The zero-order valence-electron chi connectivity index (χ0n) is 30.4. The van der Waals surface area contributed by atoms with Crippen LogP contribution < -0.4 is 5.32 Å². The molecule has 0 aromatic heterocycles. The molecule has 0 spiro atoms. The van der Waals surface area contributed by atoms with Gasteiger partial charge in [0.25, 0.3) is 0 Å². The maximum absolute atomic E-state index is 14.1. The molecule has 1 amide bonds. The van der Waals surface area contributed by atoms with Crippen molar-refractivity contribution in [2.45, 2.75) is 85.7 Å². The predicted molar refractivity (Wildman–Crippen MR) is 203 cm³/mol. The third-order valence-electron chi connectivity index (χ3n) is 8.86. The molecule has 0 aliphatic rings. The summed E-state index contributed by atoms with van der Waals surface area (Å²) < 4.78 is 5.54. The number of hydrogen-bond donors (Lipinski definition) is 1. The summed E-state index contributed by atoms with van der Waals surface area (Å²) in [7, 11) is 0. The average molecular weight is 652 g/mol. The number of hydrogen-bond acceptors (Lipinski definition) is 3. The first-order chi connectivity index (χ1) is 23.1. The fourth-order valence-electron chi connectivity index (χ4n) is 6.37. The van der Waals surface area contributed by atoms with E-state index in [9.17, 15) is 9.59 Å². The van der Waals surface area contributed by atoms with Gasteiger partial charge in [-0.1, -0.05) is 111 Å². The molecule has 1 atom stereocenters. The van der Waals surface area contributed by atoms with E-state index in [1.165, 1.54) is 27.8 Å². The van der Waals surface area contributed by atoms with Gasteiger partial charge in [0.15, 0.2) is 0 Å². The van der Waals surface area contributed by atoms with Crippen molar-refractivity contribution in [3.8, 4) is 22.3 Å². The van der Waals surface area contributed by atoms with E-state index in [4.69, 9.17) is 4.74 Å². The molecule has 4 heteroatoms. The highest BCUT2D eigenvalue weighted by molar-refractivity contribution is 5.96. The quantitative estimate of drug-likeness (QED) is 0.170. The summed E-state index contributed by atoms with van der Waals surface area (Å²) in [5, 5.41) is 3.19. The van der Waals surface area contributed by atoms with Crippen LogP contribution in [0.2, 0.25) is 0 Å². The van der Waals surface area contributed by atoms with Crippen LogP contribution in [0.3, 0.4) is 0 Å². The standard InChI is InChI=1S/C45H49NO3/c1-29-26-30(2)41(31(3)27-29)36-20-24-39(25-21-36)46-42(47)40(28-32-10-12-37(13-11-32)43(48)49-45(7,8)9)35-16-14-33(15-17-35)34-18-22-38(23-19-34)44(4,5)6/h10-27,40H,28H2,1-9H3,(H,46,47)/t40-/m1/s1. The van der Waals surface area contributed by atoms with Gasteiger partial charge in [-0.25, -0.2) is 4.79 Å². The van der Waals surface area contributed by atoms with E-state index in [0.29, 0.717) is 12.0 Å². The van der Waals surface area contributed by atoms with E-state index < -0.39 is 11.5 Å². The molecular formula is C45H49NO3. The van der Waals surface area contributed by atoms with Crippen molar-refractivity contribution in [2.24, 2.45) is 0 Å². The van der Waals surface area contributed by atoms with Gasteiger partial charge in [0, 0.05) is 5.69 Å². The van der Waals surface area contributed by atoms with Gasteiger partial charge in [0.05, 0.1) is 11.5 Å². The molecule has 0 aliphatic carbocycles. The normalized spacial score (nSPS) is 12.3. The summed E-state index contributed by atoms with van der Waals surface area (Å²) in [6.45, 7) is 18.6. The Morgan fingerprint density at radius 2 is 1.16 bits per heavy atom. The molecule has 4 nitrogen and oxygen atoms in total. The van der Waals surface area contributed by atoms with E-state index in [1.54, 1.807) is 12.1 Å². The van der Waals surface area contributed by atoms with Crippen molar-refractivity contribution >= 4 is 17.6 Å². The number of aryl methyl sites for hydroxylation is 3. The number of nitrogens with one attached hydrogen (secondary N) is 1. The van der Waals surface area contributed by atoms with Crippen LogP contribution >= 0.6 is 0 Å². The zero-order valence-corrected chi connectivity index (χ0v) is 30.4. The van der Waals surface area contributed by atoms with Gasteiger partial charge in [-0.3, -0.25) is 4.79 Å². The molecule has 0 aliphatic heterocycles. The molecule has 5 aromatic rings. The van der Waals surface area contributed by atoms with Crippen LogP contribution in [0.15, 0.2) is 109 Å². The van der Waals surface area contributed by atoms with Gasteiger partial charge in [-0.2, -0.15) is 0 Å². The van der Waals surface area contributed by atoms with Gasteiger partial charge >= 0.3 is 5.97 Å². The highest BCUT2D eigenvalue weighted by Gasteiger charge is 2.23. The largest absolute Gasteiger partial charge is 0.456 e. The molecule has 252 valence electrons. The lowest BCUT2D eigenvalue weighted by molar-refractivity contribution is -0.117. The number of amides is 1. The predicted octanol–water partition coefficient (Wildman–Crippen LogP) is 11.2. The van der Waals surface area contributed by atoms with E-state index >= 15 is 0 Å². The average Bonchev–Trinajstić information content (AvgIpc) is 3.03. The van der Waals surface area contributed by atoms with Crippen LogP contribution in [0.4, 0.5) is 5.69 Å². The second-order valence-corrected chi connectivity index (χ2v) is 15.2. The first-order valence-electron chi connectivity index (χ1n) is 17.1. The number of carbonyl (C=O) groups excluding carboxylic acids is 2. The number of esters is 1. The molecule has 5 aromatic carbocycles. The Morgan fingerprint density at radius 1 is 0.653 bits per heavy atom. The summed E-state index contributed by atoms with van der Waals surface area (Å²) in [5.74, 6) is -0.904. The maximum Gasteiger partial charge on any atom is 0.338 e. The smallest absolute Gasteiger partial charge is 0.338 e. The van der Waals surface area contributed by atoms with Gasteiger partial charge in [0.2, 0.25) is 5.91 Å². The fourth-order valence-corrected chi connectivity index (χ4v) is 6.37. The molecule has 5 rings (SSSR count). The fraction of sp³-hybridized carbons (Fsp3) is 0.289. The van der Waals surface area contributed by atoms with Crippen LogP contribution in [0.1, 0.15) is 91.2 Å². The van der Waals surface area contributed by atoms with E-state index in [2.05, 4.69) is 120 Å². The van der Waals surface area contributed by atoms with E-state index in [0.717, 1.165) is 33.5 Å². The van der Waals surface area contributed by atoms with Gasteiger partial charge in [-0.05, 0) is 128 Å². The zero-order chi connectivity index (χ0) is 35.5. The minimum Gasteiger partial charge on any atom is -0.456 e. The number of carbonyl (C=O) groups is 2. The Morgan fingerprint density at radius 3 is 1.67 bits per heavy atom. The molecule has 49 heavy (non-hydrogen) atoms. The second kappa shape index (κ2) is 14.3. The summed E-state index contributed by atoms with van der Waals surface area (Å²) in [6, 6.07) is 36.9. The SMILES string of the molecule is Cc1cc(C)c(-c2ccc(NC(=O)[C@H](Cc3ccc(C(=O)OC(C)(C)C)cc3)c3ccc(-c4ccc(C(C)(C)C)cc4)cc3)cc2)c(C)c1. The van der Waals surface area contributed by atoms with Crippen molar-refractivity contribution in [3.63, 3.8) is 0 Å². The number of ether oxygens (including phenoxy) is 1. The van der Waals surface area contributed by atoms with Crippen molar-refractivity contribution in [1.82, 2.24) is 0 Å². The minimum atomic E-state index is -0.574. The number of rotatable bonds is 8. The lowest BCUT2D eigenvalue weighted by Gasteiger charge is -2.20. The Hall–Kier alpha value is -4.96. The van der Waals surface area contributed by atoms with Crippen LogP contribution in [0, 0.1) is 20.8 Å². The molecule has 0 radical (unpaired) electrons. The van der Waals surface area contributed by atoms with Crippen molar-refractivity contribution in [1.29, 1.82) is 0 Å². The highest BCUT2D eigenvalue weighted by Crippen LogP contribution is 2.32.